The molecule has 0 radical (unpaired) electrons. The van der Waals surface area contributed by atoms with E-state index in [9.17, 15) is 4.79 Å². The molecule has 1 amide bonds. The zero-order valence-electron chi connectivity index (χ0n) is 15.7. The maximum atomic E-state index is 12.1. The zero-order valence-corrected chi connectivity index (χ0v) is 16.5. The summed E-state index contributed by atoms with van der Waals surface area (Å²) in [6.07, 6.45) is 11.4. The van der Waals surface area contributed by atoms with Crippen molar-refractivity contribution in [3.8, 4) is 10.6 Å². The quantitative estimate of drug-likeness (QED) is 0.869. The molecule has 6 nitrogen and oxygen atoms in total. The molecular formula is C21H23N5OS. The van der Waals surface area contributed by atoms with Gasteiger partial charge in [-0.3, -0.25) is 4.79 Å². The van der Waals surface area contributed by atoms with E-state index in [1.165, 1.54) is 17.7 Å². The topological polar surface area (TPSA) is 61.4 Å². The minimum absolute atomic E-state index is 0.130. The molecule has 1 N–H and O–H groups in total. The highest BCUT2D eigenvalue weighted by Crippen LogP contribution is 2.32. The third-order valence-corrected chi connectivity index (χ3v) is 6.60. The van der Waals surface area contributed by atoms with Gasteiger partial charge in [-0.25, -0.2) is 9.97 Å². The number of carbonyl (C=O) groups excluding carboxylic acids is 1. The van der Waals surface area contributed by atoms with Crippen LogP contribution in [0.25, 0.3) is 16.6 Å². The minimum atomic E-state index is 0.130. The fourth-order valence-electron chi connectivity index (χ4n) is 3.92. The number of hydrogen-bond acceptors (Lipinski definition) is 6. The highest BCUT2D eigenvalue weighted by molar-refractivity contribution is 7.15. The predicted molar refractivity (Wildman–Crippen MR) is 112 cm³/mol. The van der Waals surface area contributed by atoms with E-state index in [1.54, 1.807) is 11.3 Å². The van der Waals surface area contributed by atoms with Crippen LogP contribution < -0.4 is 10.2 Å². The van der Waals surface area contributed by atoms with Crippen molar-refractivity contribution < 1.29 is 4.79 Å². The van der Waals surface area contributed by atoms with Crippen LogP contribution in [0.5, 0.6) is 0 Å². The normalized spacial score (nSPS) is 19.6. The van der Waals surface area contributed by atoms with Gasteiger partial charge in [0.1, 0.15) is 10.8 Å². The molecule has 28 heavy (non-hydrogen) atoms. The van der Waals surface area contributed by atoms with Gasteiger partial charge in [-0.05, 0) is 37.1 Å². The molecule has 4 heterocycles. The Morgan fingerprint density at radius 1 is 1.11 bits per heavy atom. The average molecular weight is 394 g/mol. The molecule has 2 aromatic heterocycles. The van der Waals surface area contributed by atoms with E-state index < -0.39 is 0 Å². The Kier molecular flexibility index (Phi) is 4.70. The molecule has 0 unspecified atom stereocenters. The minimum Gasteiger partial charge on any atom is -0.357 e. The first kappa shape index (κ1) is 17.6. The number of fused-ring (bicyclic) bond motifs is 1. The molecule has 0 spiro atoms. The Morgan fingerprint density at radius 2 is 2.00 bits per heavy atom. The van der Waals surface area contributed by atoms with Crippen LogP contribution in [0.2, 0.25) is 0 Å². The molecule has 2 aromatic rings. The second kappa shape index (κ2) is 7.48. The summed E-state index contributed by atoms with van der Waals surface area (Å²) in [5, 5.41) is 4.12. The second-order valence-corrected chi connectivity index (χ2v) is 8.40. The van der Waals surface area contributed by atoms with Crippen molar-refractivity contribution in [2.75, 3.05) is 37.6 Å². The summed E-state index contributed by atoms with van der Waals surface area (Å²) in [4.78, 5) is 27.1. The van der Waals surface area contributed by atoms with Gasteiger partial charge in [0.2, 0.25) is 5.91 Å². The number of anilines is 1. The molecule has 7 heteroatoms. The highest BCUT2D eigenvalue weighted by Gasteiger charge is 2.22. The Balaban J connectivity index is 1.34. The van der Waals surface area contributed by atoms with Crippen LogP contribution in [0, 0.1) is 0 Å². The summed E-state index contributed by atoms with van der Waals surface area (Å²) in [6.45, 7) is 4.17. The number of piperazine rings is 1. The fourth-order valence-corrected chi connectivity index (χ4v) is 4.92. The molecule has 2 saturated heterocycles. The van der Waals surface area contributed by atoms with Crippen molar-refractivity contribution in [1.29, 1.82) is 0 Å². The third kappa shape index (κ3) is 3.36. The van der Waals surface area contributed by atoms with E-state index in [1.807, 2.05) is 23.2 Å². The van der Waals surface area contributed by atoms with Gasteiger partial charge in [-0.1, -0.05) is 6.08 Å². The zero-order chi connectivity index (χ0) is 18.9. The Bertz CT molecular complexity index is 940. The number of nitrogens with one attached hydrogen (secondary N) is 1. The Labute approximate surface area is 168 Å². The van der Waals surface area contributed by atoms with Crippen molar-refractivity contribution in [3.05, 3.63) is 46.7 Å². The smallest absolute Gasteiger partial charge is 0.240 e. The number of allylic oxidation sites excluding steroid dienone is 2. The number of rotatable bonds is 3. The van der Waals surface area contributed by atoms with Gasteiger partial charge in [0.25, 0.3) is 0 Å². The molecule has 0 saturated carbocycles. The largest absolute Gasteiger partial charge is 0.357 e. The van der Waals surface area contributed by atoms with Gasteiger partial charge in [0, 0.05) is 54.9 Å². The standard InChI is InChI=1S/C21H23N5OS/c27-20-14-22-9-12-26(20)16-4-6-17-18(7-5-16)28-21(24-17)15-3-8-19(23-13-15)25-10-1-2-11-25/h3-6,8,13,22H,1-2,7,9-12,14H2. The van der Waals surface area contributed by atoms with E-state index in [0.717, 1.165) is 60.4 Å². The van der Waals surface area contributed by atoms with Crippen molar-refractivity contribution in [2.24, 2.45) is 0 Å². The average Bonchev–Trinajstić information content (AvgIpc) is 3.36. The SMILES string of the molecule is O=C1CNCCN1C1=CCc2sc(-c3ccc(N4CCCC4)nc3)nc2C=C1. The van der Waals surface area contributed by atoms with Crippen LogP contribution in [-0.4, -0.2) is 53.5 Å². The molecule has 1 aliphatic carbocycles. The van der Waals surface area contributed by atoms with Crippen LogP contribution in [0.1, 0.15) is 23.4 Å². The summed E-state index contributed by atoms with van der Waals surface area (Å²) in [7, 11) is 0. The second-order valence-electron chi connectivity index (χ2n) is 7.32. The lowest BCUT2D eigenvalue weighted by Crippen LogP contribution is -2.47. The maximum absolute atomic E-state index is 12.1. The van der Waals surface area contributed by atoms with E-state index in [0.29, 0.717) is 6.54 Å². The molecule has 2 aliphatic heterocycles. The van der Waals surface area contributed by atoms with Crippen LogP contribution in [0.15, 0.2) is 36.2 Å². The maximum Gasteiger partial charge on any atom is 0.240 e. The molecule has 3 aliphatic rings. The van der Waals surface area contributed by atoms with Gasteiger partial charge in [0.15, 0.2) is 0 Å². The lowest BCUT2D eigenvalue weighted by molar-refractivity contribution is -0.129. The van der Waals surface area contributed by atoms with E-state index in [-0.39, 0.29) is 5.91 Å². The van der Waals surface area contributed by atoms with E-state index in [2.05, 4.69) is 33.4 Å². The van der Waals surface area contributed by atoms with Crippen molar-refractivity contribution in [3.63, 3.8) is 0 Å². The molecule has 0 bridgehead atoms. The van der Waals surface area contributed by atoms with E-state index >= 15 is 0 Å². The number of pyridine rings is 1. The summed E-state index contributed by atoms with van der Waals surface area (Å²) in [5.41, 5.74) is 3.04. The fraction of sp³-hybridized carbons (Fsp3) is 0.381. The van der Waals surface area contributed by atoms with Crippen LogP contribution >= 0.6 is 11.3 Å². The van der Waals surface area contributed by atoms with E-state index in [4.69, 9.17) is 4.98 Å². The molecule has 0 aromatic carbocycles. The van der Waals surface area contributed by atoms with Gasteiger partial charge in [-0.2, -0.15) is 0 Å². The molecule has 144 valence electrons. The predicted octanol–water partition coefficient (Wildman–Crippen LogP) is 2.69. The van der Waals surface area contributed by atoms with Gasteiger partial charge < -0.3 is 15.1 Å². The third-order valence-electron chi connectivity index (χ3n) is 5.46. The van der Waals surface area contributed by atoms with Crippen LogP contribution in [0.3, 0.4) is 0 Å². The lowest BCUT2D eigenvalue weighted by atomic mass is 10.2. The summed E-state index contributed by atoms with van der Waals surface area (Å²) < 4.78 is 0. The first-order valence-corrected chi connectivity index (χ1v) is 10.7. The Morgan fingerprint density at radius 3 is 2.79 bits per heavy atom. The van der Waals surface area contributed by atoms with Crippen LogP contribution in [-0.2, 0) is 11.2 Å². The number of nitrogens with zero attached hydrogens (tertiary/aromatic N) is 4. The van der Waals surface area contributed by atoms with Gasteiger partial charge >= 0.3 is 0 Å². The van der Waals surface area contributed by atoms with Crippen molar-refractivity contribution >= 4 is 29.1 Å². The first-order valence-electron chi connectivity index (χ1n) is 9.88. The van der Waals surface area contributed by atoms with Gasteiger partial charge in [-0.15, -0.1) is 11.3 Å². The highest BCUT2D eigenvalue weighted by atomic mass is 32.1. The first-order chi connectivity index (χ1) is 13.8. The summed E-state index contributed by atoms with van der Waals surface area (Å²) in [5.74, 6) is 1.19. The summed E-state index contributed by atoms with van der Waals surface area (Å²) >= 11 is 1.71. The Hall–Kier alpha value is -2.51. The number of hydrogen-bond donors (Lipinski definition) is 1. The van der Waals surface area contributed by atoms with Gasteiger partial charge in [0.05, 0.1) is 12.2 Å². The molecule has 5 rings (SSSR count). The van der Waals surface area contributed by atoms with Crippen molar-refractivity contribution in [2.45, 2.75) is 19.3 Å². The monoisotopic (exact) mass is 393 g/mol. The molecule has 2 fully saturated rings. The van der Waals surface area contributed by atoms with Crippen molar-refractivity contribution in [1.82, 2.24) is 20.2 Å². The van der Waals surface area contributed by atoms with Crippen LogP contribution in [0.4, 0.5) is 5.82 Å². The number of carbonyl (C=O) groups is 1. The lowest BCUT2D eigenvalue weighted by Gasteiger charge is -2.28. The number of aromatic nitrogens is 2. The number of thiazole rings is 1. The summed E-state index contributed by atoms with van der Waals surface area (Å²) in [6, 6.07) is 4.24. The number of amides is 1. The molecular weight excluding hydrogens is 370 g/mol. The molecule has 0 atom stereocenters.